The van der Waals surface area contributed by atoms with Gasteiger partial charge in [-0.15, -0.1) is 0 Å². The predicted molar refractivity (Wildman–Crippen MR) is 83.1 cm³/mol. The van der Waals surface area contributed by atoms with Gasteiger partial charge in [0.15, 0.2) is 6.54 Å². The highest BCUT2D eigenvalue weighted by Crippen LogP contribution is 2.16. The van der Waals surface area contributed by atoms with Crippen molar-refractivity contribution in [1.82, 2.24) is 0 Å². The Labute approximate surface area is 122 Å². The van der Waals surface area contributed by atoms with Gasteiger partial charge in [-0.05, 0) is 31.9 Å². The Kier molecular flexibility index (Phi) is 4.81. The number of quaternary nitrogens is 1. The standard InChI is InChI=1S/C17H26N2O/c1-12-5-6-16(15(4)8-12)18-17(20)11-19-9-13(2)7-14(3)10-19/h5-6,8,13-14H,7,9-11H2,1-4H3,(H,18,20)/p+1/t13-,14-/m1/s1. The molecule has 0 saturated carbocycles. The van der Waals surface area contributed by atoms with Gasteiger partial charge in [0.25, 0.3) is 5.91 Å². The minimum absolute atomic E-state index is 0.133. The molecule has 0 aromatic heterocycles. The van der Waals surface area contributed by atoms with Gasteiger partial charge >= 0.3 is 0 Å². The molecule has 0 spiro atoms. The first kappa shape index (κ1) is 15.0. The highest BCUT2D eigenvalue weighted by molar-refractivity contribution is 5.92. The van der Waals surface area contributed by atoms with Crippen molar-refractivity contribution >= 4 is 11.6 Å². The van der Waals surface area contributed by atoms with Gasteiger partial charge in [-0.3, -0.25) is 4.79 Å². The van der Waals surface area contributed by atoms with Crippen molar-refractivity contribution in [2.75, 3.05) is 25.0 Å². The predicted octanol–water partition coefficient (Wildman–Crippen LogP) is 1.80. The number of likely N-dealkylation sites (tertiary alicyclic amines) is 1. The number of nitrogens with one attached hydrogen (secondary N) is 2. The molecule has 2 atom stereocenters. The molecule has 2 rings (SSSR count). The Morgan fingerprint density at radius 2 is 1.90 bits per heavy atom. The lowest BCUT2D eigenvalue weighted by Gasteiger charge is -2.31. The van der Waals surface area contributed by atoms with Crippen molar-refractivity contribution in [3.63, 3.8) is 0 Å². The summed E-state index contributed by atoms with van der Waals surface area (Å²) >= 11 is 0. The van der Waals surface area contributed by atoms with Crippen molar-refractivity contribution in [2.24, 2.45) is 11.8 Å². The lowest BCUT2D eigenvalue weighted by Crippen LogP contribution is -3.15. The van der Waals surface area contributed by atoms with Crippen LogP contribution in [-0.4, -0.2) is 25.5 Å². The minimum Gasteiger partial charge on any atom is -0.327 e. The highest BCUT2D eigenvalue weighted by Gasteiger charge is 2.26. The van der Waals surface area contributed by atoms with Gasteiger partial charge in [0.1, 0.15) is 0 Å². The maximum Gasteiger partial charge on any atom is 0.279 e. The molecule has 0 radical (unpaired) electrons. The molecule has 1 saturated heterocycles. The summed E-state index contributed by atoms with van der Waals surface area (Å²) in [4.78, 5) is 13.6. The van der Waals surface area contributed by atoms with Crippen LogP contribution in [0.25, 0.3) is 0 Å². The molecule has 0 aliphatic carbocycles. The molecule has 1 heterocycles. The molecule has 1 aromatic rings. The van der Waals surface area contributed by atoms with Crippen molar-refractivity contribution in [3.05, 3.63) is 29.3 Å². The number of rotatable bonds is 3. The van der Waals surface area contributed by atoms with Gasteiger partial charge < -0.3 is 10.2 Å². The molecule has 0 bridgehead atoms. The van der Waals surface area contributed by atoms with Crippen molar-refractivity contribution in [2.45, 2.75) is 34.1 Å². The number of carbonyl (C=O) groups is 1. The van der Waals surface area contributed by atoms with E-state index in [2.05, 4.69) is 32.2 Å². The first-order valence-corrected chi connectivity index (χ1v) is 7.64. The van der Waals surface area contributed by atoms with E-state index in [-0.39, 0.29) is 5.91 Å². The van der Waals surface area contributed by atoms with Gasteiger partial charge in [-0.2, -0.15) is 0 Å². The van der Waals surface area contributed by atoms with Gasteiger partial charge in [0, 0.05) is 17.5 Å². The summed E-state index contributed by atoms with van der Waals surface area (Å²) in [6.07, 6.45) is 1.29. The zero-order valence-electron chi connectivity index (χ0n) is 13.1. The quantitative estimate of drug-likeness (QED) is 0.866. The number of benzene rings is 1. The van der Waals surface area contributed by atoms with Crippen LogP contribution in [0.5, 0.6) is 0 Å². The number of hydrogen-bond donors (Lipinski definition) is 2. The summed E-state index contributed by atoms with van der Waals surface area (Å²) in [7, 11) is 0. The first-order valence-electron chi connectivity index (χ1n) is 7.64. The van der Waals surface area contributed by atoms with E-state index >= 15 is 0 Å². The van der Waals surface area contributed by atoms with Crippen LogP contribution in [0.2, 0.25) is 0 Å². The molecule has 3 heteroatoms. The zero-order chi connectivity index (χ0) is 14.7. The summed E-state index contributed by atoms with van der Waals surface area (Å²) in [5.74, 6) is 1.58. The van der Waals surface area contributed by atoms with Gasteiger partial charge in [0.2, 0.25) is 0 Å². The minimum atomic E-state index is 0.133. The van der Waals surface area contributed by atoms with Crippen LogP contribution in [0.1, 0.15) is 31.4 Å². The van der Waals surface area contributed by atoms with Crippen LogP contribution in [0.4, 0.5) is 5.69 Å². The van der Waals surface area contributed by atoms with Crippen LogP contribution in [0, 0.1) is 25.7 Å². The molecule has 20 heavy (non-hydrogen) atoms. The SMILES string of the molecule is Cc1ccc(NC(=O)C[NH+]2C[C@H](C)C[C@@H](C)C2)c(C)c1. The molecule has 3 nitrogen and oxygen atoms in total. The fourth-order valence-electron chi connectivity index (χ4n) is 3.44. The Hall–Kier alpha value is -1.35. The number of carbonyl (C=O) groups excluding carboxylic acids is 1. The van der Waals surface area contributed by atoms with E-state index in [0.717, 1.165) is 36.2 Å². The van der Waals surface area contributed by atoms with E-state index in [1.165, 1.54) is 16.9 Å². The van der Waals surface area contributed by atoms with E-state index in [9.17, 15) is 4.79 Å². The molecule has 1 aliphatic rings. The lowest BCUT2D eigenvalue weighted by molar-refractivity contribution is -0.904. The summed E-state index contributed by atoms with van der Waals surface area (Å²) < 4.78 is 0. The third-order valence-electron chi connectivity index (χ3n) is 4.15. The second kappa shape index (κ2) is 6.40. The van der Waals surface area contributed by atoms with Crippen LogP contribution in [0.15, 0.2) is 18.2 Å². The monoisotopic (exact) mass is 275 g/mol. The molecule has 2 N–H and O–H groups in total. The second-order valence-corrected chi connectivity index (χ2v) is 6.65. The first-order chi connectivity index (χ1) is 9.44. The molecule has 1 aromatic carbocycles. The fraction of sp³-hybridized carbons (Fsp3) is 0.588. The maximum absolute atomic E-state index is 12.2. The molecule has 1 amide bonds. The van der Waals surface area contributed by atoms with Crippen molar-refractivity contribution in [1.29, 1.82) is 0 Å². The topological polar surface area (TPSA) is 33.5 Å². The van der Waals surface area contributed by atoms with Crippen molar-refractivity contribution < 1.29 is 9.69 Å². The molecule has 110 valence electrons. The van der Waals surface area contributed by atoms with Gasteiger partial charge in [0.05, 0.1) is 13.1 Å². The molecular weight excluding hydrogens is 248 g/mol. The zero-order valence-corrected chi connectivity index (χ0v) is 13.1. The Bertz CT molecular complexity index is 474. The molecule has 0 unspecified atom stereocenters. The van der Waals surface area contributed by atoms with Gasteiger partial charge in [-0.1, -0.05) is 31.5 Å². The molecule has 1 aliphatic heterocycles. The van der Waals surface area contributed by atoms with Gasteiger partial charge in [-0.25, -0.2) is 0 Å². The number of piperidine rings is 1. The maximum atomic E-state index is 12.2. The smallest absolute Gasteiger partial charge is 0.279 e. The average Bonchev–Trinajstić information content (AvgIpc) is 2.31. The lowest BCUT2D eigenvalue weighted by atomic mass is 9.92. The number of amides is 1. The average molecular weight is 275 g/mol. The van der Waals surface area contributed by atoms with Crippen LogP contribution >= 0.6 is 0 Å². The summed E-state index contributed by atoms with van der Waals surface area (Å²) in [6.45, 7) is 11.5. The third-order valence-corrected chi connectivity index (χ3v) is 4.15. The Balaban J connectivity index is 1.92. The Morgan fingerprint density at radius 3 is 2.50 bits per heavy atom. The summed E-state index contributed by atoms with van der Waals surface area (Å²) in [5, 5.41) is 3.05. The second-order valence-electron chi connectivity index (χ2n) is 6.65. The van der Waals surface area contributed by atoms with Crippen LogP contribution in [-0.2, 0) is 4.79 Å². The summed E-state index contributed by atoms with van der Waals surface area (Å²) in [5.41, 5.74) is 3.30. The van der Waals surface area contributed by atoms with Crippen molar-refractivity contribution in [3.8, 4) is 0 Å². The largest absolute Gasteiger partial charge is 0.327 e. The van der Waals surface area contributed by atoms with E-state index in [0.29, 0.717) is 6.54 Å². The molecule has 1 fully saturated rings. The van der Waals surface area contributed by atoms with E-state index in [1.54, 1.807) is 0 Å². The Morgan fingerprint density at radius 1 is 1.25 bits per heavy atom. The molecular formula is C17H27N2O+. The van der Waals surface area contributed by atoms with E-state index in [1.807, 2.05) is 19.1 Å². The van der Waals surface area contributed by atoms with E-state index in [4.69, 9.17) is 0 Å². The number of aryl methyl sites for hydroxylation is 2. The highest BCUT2D eigenvalue weighted by atomic mass is 16.2. The van der Waals surface area contributed by atoms with E-state index < -0.39 is 0 Å². The van der Waals surface area contributed by atoms with Crippen LogP contribution in [0.3, 0.4) is 0 Å². The third kappa shape index (κ3) is 4.07. The summed E-state index contributed by atoms with van der Waals surface area (Å²) in [6, 6.07) is 6.15. The normalized spacial score (nSPS) is 26.3. The number of anilines is 1. The van der Waals surface area contributed by atoms with Crippen LogP contribution < -0.4 is 10.2 Å². The number of hydrogen-bond acceptors (Lipinski definition) is 1. The fourth-order valence-corrected chi connectivity index (χ4v) is 3.44.